The summed E-state index contributed by atoms with van der Waals surface area (Å²) in [5, 5.41) is 15.2. The first-order chi connectivity index (χ1) is 35.5. The predicted octanol–water partition coefficient (Wildman–Crippen LogP) is 5.66. The van der Waals surface area contributed by atoms with Gasteiger partial charge in [-0.1, -0.05) is 12.1 Å². The van der Waals surface area contributed by atoms with Crippen molar-refractivity contribution in [1.29, 1.82) is 0 Å². The Bertz CT molecular complexity index is 3170. The molecule has 0 amide bonds. The van der Waals surface area contributed by atoms with Crippen molar-refractivity contribution in [3.63, 3.8) is 0 Å². The second-order valence-corrected chi connectivity index (χ2v) is 20.9. The molecule has 2 aromatic carbocycles. The Labute approximate surface area is 424 Å². The van der Waals surface area contributed by atoms with E-state index in [4.69, 9.17) is 28.4 Å². The Balaban J connectivity index is 0.000000216. The van der Waals surface area contributed by atoms with Crippen LogP contribution in [0.4, 0.5) is 8.78 Å². The van der Waals surface area contributed by atoms with E-state index in [-0.39, 0.29) is 47.8 Å². The molecule has 0 saturated carbocycles. The maximum absolute atomic E-state index is 13.4. The number of benzene rings is 2. The van der Waals surface area contributed by atoms with E-state index in [1.807, 2.05) is 0 Å². The van der Waals surface area contributed by atoms with E-state index in [1.54, 1.807) is 82.2 Å². The van der Waals surface area contributed by atoms with E-state index in [9.17, 15) is 25.6 Å². The van der Waals surface area contributed by atoms with Gasteiger partial charge in [-0.25, -0.2) is 45.6 Å². The van der Waals surface area contributed by atoms with Crippen molar-refractivity contribution in [3.8, 4) is 68.9 Å². The Kier molecular flexibility index (Phi) is 17.0. The van der Waals surface area contributed by atoms with Crippen molar-refractivity contribution < 1.29 is 54.0 Å². The van der Waals surface area contributed by atoms with E-state index in [0.29, 0.717) is 57.3 Å². The molecule has 2 atom stereocenters. The lowest BCUT2D eigenvalue weighted by Crippen LogP contribution is -2.24. The highest BCUT2D eigenvalue weighted by Gasteiger charge is 2.32. The van der Waals surface area contributed by atoms with E-state index < -0.39 is 53.3 Å². The molecule has 6 heterocycles. The fourth-order valence-corrected chi connectivity index (χ4v) is 9.82. The molecule has 8 rings (SSSR count). The van der Waals surface area contributed by atoms with Gasteiger partial charge >= 0.3 is 0 Å². The van der Waals surface area contributed by atoms with Gasteiger partial charge in [-0.15, -0.1) is 20.4 Å². The zero-order valence-electron chi connectivity index (χ0n) is 41.2. The van der Waals surface area contributed by atoms with Crippen LogP contribution < -0.4 is 28.4 Å². The molecule has 0 spiro atoms. The zero-order chi connectivity index (χ0) is 53.2. The molecule has 26 heteroatoms. The Morgan fingerprint density at radius 2 is 0.824 bits per heavy atom. The van der Waals surface area contributed by atoms with Gasteiger partial charge in [0.05, 0.1) is 77.9 Å². The summed E-state index contributed by atoms with van der Waals surface area (Å²) in [6, 6.07) is 17.0. The van der Waals surface area contributed by atoms with Crippen molar-refractivity contribution >= 4 is 19.7 Å². The summed E-state index contributed by atoms with van der Waals surface area (Å²) in [6.07, 6.45) is 7.10. The monoisotopic (exact) mass is 1060 g/mol. The molecule has 8 aromatic rings. The summed E-state index contributed by atoms with van der Waals surface area (Å²) < 4.78 is 116. The average Bonchev–Trinajstić information content (AvgIpc) is 4.02. The van der Waals surface area contributed by atoms with Crippen LogP contribution in [0.15, 0.2) is 97.8 Å². The molecule has 0 radical (unpaired) electrons. The molecule has 0 aliphatic rings. The van der Waals surface area contributed by atoms with Crippen molar-refractivity contribution in [2.75, 3.05) is 42.7 Å². The molecule has 0 aliphatic heterocycles. The average molecular weight is 1060 g/mol. The molecule has 0 N–H and O–H groups in total. The molecule has 2 unspecified atom stereocenters. The lowest BCUT2D eigenvalue weighted by Gasteiger charge is -2.18. The zero-order valence-corrected chi connectivity index (χ0v) is 42.9. The van der Waals surface area contributed by atoms with Gasteiger partial charge in [0, 0.05) is 37.4 Å². The van der Waals surface area contributed by atoms with E-state index in [0.717, 1.165) is 24.8 Å². The van der Waals surface area contributed by atoms with Gasteiger partial charge < -0.3 is 28.4 Å². The van der Waals surface area contributed by atoms with Gasteiger partial charge in [-0.05, 0) is 50.2 Å². The number of sulfone groups is 2. The lowest BCUT2D eigenvalue weighted by atomic mass is 10.2. The van der Waals surface area contributed by atoms with Crippen LogP contribution in [-0.4, -0.2) is 129 Å². The maximum atomic E-state index is 13.4. The van der Waals surface area contributed by atoms with Crippen LogP contribution in [-0.2, 0) is 44.0 Å². The Morgan fingerprint density at radius 1 is 0.486 bits per heavy atom. The summed E-state index contributed by atoms with van der Waals surface area (Å²) in [6.45, 7) is 3.08. The van der Waals surface area contributed by atoms with Crippen molar-refractivity contribution in [1.82, 2.24) is 59.4 Å². The van der Waals surface area contributed by atoms with Gasteiger partial charge in [0.2, 0.25) is 0 Å². The van der Waals surface area contributed by atoms with E-state index in [1.165, 1.54) is 56.5 Å². The van der Waals surface area contributed by atoms with Gasteiger partial charge in [0.1, 0.15) is 80.4 Å². The summed E-state index contributed by atoms with van der Waals surface area (Å²) in [5.74, 6) is 1.79. The molecule has 0 fully saturated rings. The van der Waals surface area contributed by atoms with Gasteiger partial charge in [0.25, 0.3) is 0 Å². The first-order valence-electron chi connectivity index (χ1n) is 22.2. The standard InChI is InChI=1S/2C24H25FN6O5S/c2*1-15(10-21-27-12-16(25)13-28-21)37(32,33)14-22-29-30-24(18-11-17(34-2)8-9-26-18)31(22)23-19(35-3)6-5-7-20(23)36-4/h2*5-9,11-13,15H,10,14H2,1-4H3. The van der Waals surface area contributed by atoms with Crippen LogP contribution >= 0.6 is 0 Å². The lowest BCUT2D eigenvalue weighted by molar-refractivity contribution is 0.390. The molecule has 74 heavy (non-hydrogen) atoms. The number of nitrogens with zero attached hydrogens (tertiary/aromatic N) is 12. The normalized spacial score (nSPS) is 12.2. The van der Waals surface area contributed by atoms with E-state index >= 15 is 0 Å². The summed E-state index contributed by atoms with van der Waals surface area (Å²) >= 11 is 0. The molecule has 22 nitrogen and oxygen atoms in total. The highest BCUT2D eigenvalue weighted by atomic mass is 32.2. The van der Waals surface area contributed by atoms with Crippen LogP contribution in [0.25, 0.3) is 34.4 Å². The molecular weight excluding hydrogens is 1010 g/mol. The third-order valence-corrected chi connectivity index (χ3v) is 15.4. The first kappa shape index (κ1) is 53.5. The number of halogens is 2. The molecular formula is C48H50F2N12O10S2. The molecule has 6 aromatic heterocycles. The second kappa shape index (κ2) is 23.5. The Hall–Kier alpha value is -8.26. The summed E-state index contributed by atoms with van der Waals surface area (Å²) in [7, 11) is 1.43. The minimum absolute atomic E-state index is 0.000966. The number of methoxy groups -OCH3 is 6. The third-order valence-electron chi connectivity index (χ3n) is 11.3. The van der Waals surface area contributed by atoms with Crippen LogP contribution in [0.1, 0.15) is 37.1 Å². The number of pyridine rings is 2. The minimum Gasteiger partial charge on any atom is -0.497 e. The topological polar surface area (TPSA) is 262 Å². The van der Waals surface area contributed by atoms with Gasteiger partial charge in [0.15, 0.2) is 54.6 Å². The Morgan fingerprint density at radius 3 is 1.14 bits per heavy atom. The number of hydrogen-bond donors (Lipinski definition) is 0. The maximum Gasteiger partial charge on any atom is 0.187 e. The SMILES string of the molecule is COc1ccnc(-c2nnc(CS(=O)(=O)C(C)Cc3ncc(F)cn3)n2-c2c(OC)cccc2OC)c1.COc1ccnc(-c2nnc(CS(=O)(=O)C(C)Cc3ncc(F)cn3)n2-c2c(OC)cccc2OC)c1. The largest absolute Gasteiger partial charge is 0.497 e. The number of rotatable bonds is 20. The van der Waals surface area contributed by atoms with Crippen molar-refractivity contribution in [2.24, 2.45) is 0 Å². The number of aromatic nitrogens is 12. The quantitative estimate of drug-likeness (QED) is 0.0891. The fourth-order valence-electron chi connectivity index (χ4n) is 7.35. The number of hydrogen-bond acceptors (Lipinski definition) is 20. The number of ether oxygens (including phenoxy) is 6. The second-order valence-electron chi connectivity index (χ2n) is 16.0. The molecule has 0 saturated heterocycles. The smallest absolute Gasteiger partial charge is 0.187 e. The van der Waals surface area contributed by atoms with Gasteiger partial charge in [-0.2, -0.15) is 0 Å². The van der Waals surface area contributed by atoms with Crippen LogP contribution in [0.2, 0.25) is 0 Å². The van der Waals surface area contributed by atoms with Gasteiger partial charge in [-0.3, -0.25) is 19.1 Å². The molecule has 388 valence electrons. The van der Waals surface area contributed by atoms with E-state index in [2.05, 4.69) is 50.3 Å². The first-order valence-corrected chi connectivity index (χ1v) is 25.7. The van der Waals surface area contributed by atoms with Crippen LogP contribution in [0.5, 0.6) is 34.5 Å². The molecule has 0 aliphatic carbocycles. The fraction of sp³-hybridized carbons (Fsp3) is 0.292. The van der Waals surface area contributed by atoms with Crippen LogP contribution in [0, 0.1) is 11.6 Å². The highest BCUT2D eigenvalue weighted by Crippen LogP contribution is 2.39. The molecule has 0 bridgehead atoms. The number of para-hydroxylation sites is 2. The highest BCUT2D eigenvalue weighted by molar-refractivity contribution is 7.91. The minimum atomic E-state index is -3.80. The predicted molar refractivity (Wildman–Crippen MR) is 264 cm³/mol. The third kappa shape index (κ3) is 12.1. The van der Waals surface area contributed by atoms with Crippen molar-refractivity contribution in [3.05, 3.63) is 133 Å². The van der Waals surface area contributed by atoms with Crippen molar-refractivity contribution in [2.45, 2.75) is 48.7 Å². The summed E-state index contributed by atoms with van der Waals surface area (Å²) in [4.78, 5) is 24.3. The van der Waals surface area contributed by atoms with Crippen LogP contribution in [0.3, 0.4) is 0 Å². The summed E-state index contributed by atoms with van der Waals surface area (Å²) in [5.41, 5.74) is 1.63.